The van der Waals surface area contributed by atoms with E-state index >= 15 is 0 Å². The van der Waals surface area contributed by atoms with Crippen molar-refractivity contribution in [3.05, 3.63) is 30.1 Å². The highest BCUT2D eigenvalue weighted by Gasteiger charge is 2.27. The summed E-state index contributed by atoms with van der Waals surface area (Å²) in [5, 5.41) is 9.97. The fourth-order valence-corrected chi connectivity index (χ4v) is 2.34. The molecule has 100 valence electrons. The van der Waals surface area contributed by atoms with Crippen LogP contribution in [0.4, 0.5) is 4.39 Å². The molecule has 18 heavy (non-hydrogen) atoms. The predicted octanol–water partition coefficient (Wildman–Crippen LogP) is 2.05. The van der Waals surface area contributed by atoms with E-state index in [1.54, 1.807) is 12.1 Å². The van der Waals surface area contributed by atoms with Crippen molar-refractivity contribution < 1.29 is 14.2 Å². The molecular weight excluding hydrogens is 233 g/mol. The summed E-state index contributed by atoms with van der Waals surface area (Å²) in [4.78, 5) is 2.20. The molecule has 1 aromatic carbocycles. The molecule has 0 aliphatic carbocycles. The minimum absolute atomic E-state index is 0.255. The summed E-state index contributed by atoms with van der Waals surface area (Å²) >= 11 is 0. The quantitative estimate of drug-likeness (QED) is 0.891. The third-order valence-electron chi connectivity index (χ3n) is 3.24. The van der Waals surface area contributed by atoms with Gasteiger partial charge in [-0.05, 0) is 50.6 Å². The van der Waals surface area contributed by atoms with Crippen LogP contribution >= 0.6 is 0 Å². The van der Waals surface area contributed by atoms with Gasteiger partial charge in [-0.3, -0.25) is 4.90 Å². The van der Waals surface area contributed by atoms with Gasteiger partial charge in [0.2, 0.25) is 0 Å². The molecule has 1 aliphatic rings. The van der Waals surface area contributed by atoms with Crippen molar-refractivity contribution in [2.75, 3.05) is 26.2 Å². The van der Waals surface area contributed by atoms with Gasteiger partial charge in [-0.25, -0.2) is 4.39 Å². The van der Waals surface area contributed by atoms with Crippen LogP contribution in [0.1, 0.15) is 19.8 Å². The van der Waals surface area contributed by atoms with Crippen LogP contribution in [0.15, 0.2) is 24.3 Å². The van der Waals surface area contributed by atoms with E-state index in [0.717, 1.165) is 25.9 Å². The zero-order valence-corrected chi connectivity index (χ0v) is 10.7. The van der Waals surface area contributed by atoms with Crippen molar-refractivity contribution in [3.8, 4) is 5.75 Å². The monoisotopic (exact) mass is 253 g/mol. The third kappa shape index (κ3) is 3.96. The third-order valence-corrected chi connectivity index (χ3v) is 3.24. The number of piperidine rings is 1. The summed E-state index contributed by atoms with van der Waals surface area (Å²) in [5.74, 6) is 0.426. The first-order valence-corrected chi connectivity index (χ1v) is 6.38. The first-order chi connectivity index (χ1) is 8.55. The van der Waals surface area contributed by atoms with Crippen LogP contribution in [-0.2, 0) is 0 Å². The van der Waals surface area contributed by atoms with E-state index in [2.05, 4.69) is 4.90 Å². The van der Waals surface area contributed by atoms with E-state index in [4.69, 9.17) is 4.74 Å². The SMILES string of the molecule is CC1(O)CCCN(CCOc2ccc(F)cc2)C1. The lowest BCUT2D eigenvalue weighted by Crippen LogP contribution is -2.47. The smallest absolute Gasteiger partial charge is 0.123 e. The van der Waals surface area contributed by atoms with Gasteiger partial charge in [0.1, 0.15) is 18.2 Å². The number of β-amino-alcohol motifs (C(OH)–C–C–N with tert-alkyl or cyclic N) is 1. The number of benzene rings is 1. The Balaban J connectivity index is 1.73. The number of rotatable bonds is 4. The van der Waals surface area contributed by atoms with Gasteiger partial charge in [-0.2, -0.15) is 0 Å². The minimum Gasteiger partial charge on any atom is -0.492 e. The predicted molar refractivity (Wildman–Crippen MR) is 68.2 cm³/mol. The van der Waals surface area contributed by atoms with Gasteiger partial charge in [0, 0.05) is 13.1 Å². The highest BCUT2D eigenvalue weighted by atomic mass is 19.1. The molecule has 1 saturated heterocycles. The molecule has 1 aromatic rings. The van der Waals surface area contributed by atoms with Gasteiger partial charge in [-0.15, -0.1) is 0 Å². The van der Waals surface area contributed by atoms with Gasteiger partial charge in [0.25, 0.3) is 0 Å². The van der Waals surface area contributed by atoms with Crippen LogP contribution in [0.2, 0.25) is 0 Å². The van der Waals surface area contributed by atoms with Gasteiger partial charge < -0.3 is 9.84 Å². The standard InChI is InChI=1S/C14H20FNO2/c1-14(17)7-2-8-16(11-14)9-10-18-13-5-3-12(15)4-6-13/h3-6,17H,2,7-11H2,1H3. The average Bonchev–Trinajstić information content (AvgIpc) is 2.30. The van der Waals surface area contributed by atoms with E-state index in [-0.39, 0.29) is 5.82 Å². The van der Waals surface area contributed by atoms with Gasteiger partial charge in [0.15, 0.2) is 0 Å². The van der Waals surface area contributed by atoms with Crippen molar-refractivity contribution in [2.45, 2.75) is 25.4 Å². The second kappa shape index (κ2) is 5.67. The number of hydrogen-bond donors (Lipinski definition) is 1. The second-order valence-corrected chi connectivity index (χ2v) is 5.18. The maximum Gasteiger partial charge on any atom is 0.123 e. The van der Waals surface area contributed by atoms with E-state index in [0.29, 0.717) is 18.9 Å². The maximum atomic E-state index is 12.7. The van der Waals surface area contributed by atoms with Crippen molar-refractivity contribution in [3.63, 3.8) is 0 Å². The number of hydrogen-bond acceptors (Lipinski definition) is 3. The maximum absolute atomic E-state index is 12.7. The Bertz CT molecular complexity index is 378. The summed E-state index contributed by atoms with van der Waals surface area (Å²) in [5.41, 5.74) is -0.575. The summed E-state index contributed by atoms with van der Waals surface area (Å²) in [7, 11) is 0. The second-order valence-electron chi connectivity index (χ2n) is 5.18. The summed E-state index contributed by atoms with van der Waals surface area (Å²) in [6.07, 6.45) is 1.88. The highest BCUT2D eigenvalue weighted by molar-refractivity contribution is 5.21. The van der Waals surface area contributed by atoms with E-state index in [1.807, 2.05) is 6.92 Å². The van der Waals surface area contributed by atoms with Gasteiger partial charge >= 0.3 is 0 Å². The molecule has 1 aliphatic heterocycles. The van der Waals surface area contributed by atoms with Gasteiger partial charge in [-0.1, -0.05) is 0 Å². The number of nitrogens with zero attached hydrogens (tertiary/aromatic N) is 1. The lowest BCUT2D eigenvalue weighted by Gasteiger charge is -2.36. The molecule has 0 amide bonds. The lowest BCUT2D eigenvalue weighted by molar-refractivity contribution is -0.0183. The van der Waals surface area contributed by atoms with E-state index in [9.17, 15) is 9.50 Å². The molecule has 1 atom stereocenters. The summed E-state index contributed by atoms with van der Waals surface area (Å²) in [6.45, 7) is 4.91. The zero-order chi connectivity index (χ0) is 13.0. The van der Waals surface area contributed by atoms with Crippen molar-refractivity contribution >= 4 is 0 Å². The molecular formula is C14H20FNO2. The Hall–Kier alpha value is -1.13. The Morgan fingerprint density at radius 1 is 1.39 bits per heavy atom. The van der Waals surface area contributed by atoms with Crippen LogP contribution in [-0.4, -0.2) is 41.8 Å². The van der Waals surface area contributed by atoms with E-state index < -0.39 is 5.60 Å². The summed E-state index contributed by atoms with van der Waals surface area (Å²) in [6, 6.07) is 6.03. The molecule has 1 fully saturated rings. The van der Waals surface area contributed by atoms with Crippen molar-refractivity contribution in [2.24, 2.45) is 0 Å². The Morgan fingerprint density at radius 2 is 2.11 bits per heavy atom. The number of ether oxygens (including phenoxy) is 1. The number of halogens is 1. The van der Waals surface area contributed by atoms with E-state index in [1.165, 1.54) is 12.1 Å². The number of likely N-dealkylation sites (tertiary alicyclic amines) is 1. The molecule has 0 spiro atoms. The Morgan fingerprint density at radius 3 is 2.78 bits per heavy atom. The summed E-state index contributed by atoms with van der Waals surface area (Å²) < 4.78 is 18.2. The number of aliphatic hydroxyl groups is 1. The Labute approximate surface area is 107 Å². The van der Waals surface area contributed by atoms with Crippen LogP contribution in [0.25, 0.3) is 0 Å². The fraction of sp³-hybridized carbons (Fsp3) is 0.571. The molecule has 1 N–H and O–H groups in total. The molecule has 4 heteroatoms. The Kier molecular flexibility index (Phi) is 4.19. The molecule has 0 aromatic heterocycles. The van der Waals surface area contributed by atoms with Crippen LogP contribution < -0.4 is 4.74 Å². The first kappa shape index (κ1) is 13.3. The van der Waals surface area contributed by atoms with Gasteiger partial charge in [0.05, 0.1) is 5.60 Å². The van der Waals surface area contributed by atoms with Crippen LogP contribution in [0.3, 0.4) is 0 Å². The first-order valence-electron chi connectivity index (χ1n) is 6.38. The molecule has 2 rings (SSSR count). The average molecular weight is 253 g/mol. The van der Waals surface area contributed by atoms with Crippen molar-refractivity contribution in [1.82, 2.24) is 4.90 Å². The molecule has 1 unspecified atom stereocenters. The zero-order valence-electron chi connectivity index (χ0n) is 10.7. The highest BCUT2D eigenvalue weighted by Crippen LogP contribution is 2.20. The van der Waals surface area contributed by atoms with Crippen molar-refractivity contribution in [1.29, 1.82) is 0 Å². The normalized spacial score (nSPS) is 25.1. The molecule has 0 radical (unpaired) electrons. The molecule has 1 heterocycles. The molecule has 3 nitrogen and oxygen atoms in total. The molecule has 0 bridgehead atoms. The largest absolute Gasteiger partial charge is 0.492 e. The minimum atomic E-state index is -0.575. The van der Waals surface area contributed by atoms with Crippen LogP contribution in [0.5, 0.6) is 5.75 Å². The topological polar surface area (TPSA) is 32.7 Å². The van der Waals surface area contributed by atoms with Crippen LogP contribution in [0, 0.1) is 5.82 Å². The lowest BCUT2D eigenvalue weighted by atomic mass is 9.95. The fourth-order valence-electron chi connectivity index (χ4n) is 2.34. The molecule has 0 saturated carbocycles.